The van der Waals surface area contributed by atoms with Crippen LogP contribution >= 0.6 is 0 Å². The lowest BCUT2D eigenvalue weighted by atomic mass is 10.3. The lowest BCUT2D eigenvalue weighted by molar-refractivity contribution is 0.0944. The van der Waals surface area contributed by atoms with Crippen LogP contribution in [0.1, 0.15) is 30.1 Å². The highest BCUT2D eigenvalue weighted by Crippen LogP contribution is 2.03. The maximum absolute atomic E-state index is 11.6. The van der Waals surface area contributed by atoms with Crippen LogP contribution in [-0.4, -0.2) is 30.0 Å². The maximum atomic E-state index is 11.6. The molecule has 0 aliphatic heterocycles. The van der Waals surface area contributed by atoms with Crippen molar-refractivity contribution in [2.45, 2.75) is 26.8 Å². The molecule has 1 rings (SSSR count). The summed E-state index contributed by atoms with van der Waals surface area (Å²) in [5.74, 6) is 0.356. The molecule has 1 aromatic rings. The van der Waals surface area contributed by atoms with E-state index < -0.39 is 0 Å². The van der Waals surface area contributed by atoms with Crippen LogP contribution in [0.4, 0.5) is 0 Å². The van der Waals surface area contributed by atoms with Crippen LogP contribution in [0.5, 0.6) is 0 Å². The minimum absolute atomic E-state index is 0.189. The van der Waals surface area contributed by atoms with Crippen molar-refractivity contribution in [2.75, 3.05) is 13.1 Å². The molecular weight excluding hydrogens is 194 g/mol. The molecule has 1 aromatic heterocycles. The second-order valence-electron chi connectivity index (χ2n) is 3.43. The van der Waals surface area contributed by atoms with E-state index in [1.165, 1.54) is 6.39 Å². The van der Waals surface area contributed by atoms with Gasteiger partial charge in [0.25, 0.3) is 5.91 Å². The Morgan fingerprint density at radius 2 is 2.40 bits per heavy atom. The van der Waals surface area contributed by atoms with Gasteiger partial charge in [0.15, 0.2) is 12.1 Å². The first-order chi connectivity index (χ1) is 7.15. The minimum atomic E-state index is -0.189. The van der Waals surface area contributed by atoms with Crippen LogP contribution < -0.4 is 10.6 Å². The van der Waals surface area contributed by atoms with Gasteiger partial charge in [-0.2, -0.15) is 0 Å². The minimum Gasteiger partial charge on any atom is -0.448 e. The molecule has 1 atom stereocenters. The van der Waals surface area contributed by atoms with E-state index in [1.807, 2.05) is 13.8 Å². The average Bonchev–Trinajstić information content (AvgIpc) is 2.61. The number of aryl methyl sites for hydroxylation is 1. The van der Waals surface area contributed by atoms with Crippen molar-refractivity contribution in [3.8, 4) is 0 Å². The predicted octanol–water partition coefficient (Wildman–Crippen LogP) is 0.711. The first-order valence-corrected chi connectivity index (χ1v) is 5.06. The van der Waals surface area contributed by atoms with E-state index in [9.17, 15) is 4.79 Å². The van der Waals surface area contributed by atoms with Gasteiger partial charge in [0.05, 0.1) is 0 Å². The molecule has 0 radical (unpaired) electrons. The van der Waals surface area contributed by atoms with Crippen LogP contribution in [0.3, 0.4) is 0 Å². The van der Waals surface area contributed by atoms with Crippen LogP contribution in [0, 0.1) is 6.92 Å². The summed E-state index contributed by atoms with van der Waals surface area (Å²) >= 11 is 0. The normalized spacial score (nSPS) is 12.5. The van der Waals surface area contributed by atoms with Crippen molar-refractivity contribution in [1.82, 2.24) is 15.6 Å². The molecule has 0 bridgehead atoms. The molecule has 0 aromatic carbocycles. The lowest BCUT2D eigenvalue weighted by Gasteiger charge is -2.12. The number of hydrogen-bond donors (Lipinski definition) is 2. The molecule has 5 heteroatoms. The van der Waals surface area contributed by atoms with Crippen molar-refractivity contribution < 1.29 is 9.21 Å². The molecule has 0 saturated heterocycles. The summed E-state index contributed by atoms with van der Waals surface area (Å²) in [5, 5.41) is 5.99. The molecule has 0 unspecified atom stereocenters. The number of likely N-dealkylation sites (N-methyl/N-ethyl adjacent to an activating group) is 1. The third kappa shape index (κ3) is 3.36. The van der Waals surface area contributed by atoms with Gasteiger partial charge in [-0.3, -0.25) is 4.79 Å². The highest BCUT2D eigenvalue weighted by molar-refractivity contribution is 5.93. The highest BCUT2D eigenvalue weighted by atomic mass is 16.3. The van der Waals surface area contributed by atoms with Gasteiger partial charge in [-0.15, -0.1) is 0 Å². The predicted molar refractivity (Wildman–Crippen MR) is 56.7 cm³/mol. The number of nitrogens with zero attached hydrogens (tertiary/aromatic N) is 1. The van der Waals surface area contributed by atoms with Gasteiger partial charge < -0.3 is 15.1 Å². The fraction of sp³-hybridized carbons (Fsp3) is 0.600. The molecule has 0 fully saturated rings. The summed E-state index contributed by atoms with van der Waals surface area (Å²) in [4.78, 5) is 15.4. The number of hydrogen-bond acceptors (Lipinski definition) is 4. The Kier molecular flexibility index (Phi) is 4.30. The van der Waals surface area contributed by atoms with Gasteiger partial charge in [0, 0.05) is 12.6 Å². The second kappa shape index (κ2) is 5.50. The smallest absolute Gasteiger partial charge is 0.273 e. The van der Waals surface area contributed by atoms with Gasteiger partial charge in [-0.25, -0.2) is 4.98 Å². The van der Waals surface area contributed by atoms with E-state index in [1.54, 1.807) is 6.92 Å². The van der Waals surface area contributed by atoms with Crippen LogP contribution in [0.2, 0.25) is 0 Å². The molecular formula is C10H17N3O2. The third-order valence-corrected chi connectivity index (χ3v) is 2.08. The van der Waals surface area contributed by atoms with Crippen LogP contribution in [0.25, 0.3) is 0 Å². The summed E-state index contributed by atoms with van der Waals surface area (Å²) in [5.41, 5.74) is 0.360. The molecule has 2 N–H and O–H groups in total. The Morgan fingerprint density at radius 1 is 1.67 bits per heavy atom. The van der Waals surface area contributed by atoms with Crippen molar-refractivity contribution in [3.63, 3.8) is 0 Å². The number of amides is 1. The Hall–Kier alpha value is -1.36. The molecule has 1 amide bonds. The van der Waals surface area contributed by atoms with Gasteiger partial charge in [-0.05, 0) is 20.4 Å². The SMILES string of the molecule is CCN[C@H](C)CNC(=O)c1ncoc1C. The van der Waals surface area contributed by atoms with Gasteiger partial charge in [0.2, 0.25) is 0 Å². The number of carbonyl (C=O) groups excluding carboxylic acids is 1. The van der Waals surface area contributed by atoms with Crippen LogP contribution in [0.15, 0.2) is 10.8 Å². The van der Waals surface area contributed by atoms with E-state index in [-0.39, 0.29) is 11.9 Å². The summed E-state index contributed by atoms with van der Waals surface area (Å²) < 4.78 is 4.95. The first-order valence-electron chi connectivity index (χ1n) is 5.06. The van der Waals surface area contributed by atoms with Gasteiger partial charge in [0.1, 0.15) is 5.76 Å². The zero-order chi connectivity index (χ0) is 11.3. The van der Waals surface area contributed by atoms with Crippen molar-refractivity contribution >= 4 is 5.91 Å². The Labute approximate surface area is 89.3 Å². The molecule has 0 aliphatic rings. The maximum Gasteiger partial charge on any atom is 0.273 e. The van der Waals surface area contributed by atoms with Gasteiger partial charge >= 0.3 is 0 Å². The van der Waals surface area contributed by atoms with Crippen molar-refractivity contribution in [2.24, 2.45) is 0 Å². The van der Waals surface area contributed by atoms with E-state index in [0.29, 0.717) is 18.0 Å². The van der Waals surface area contributed by atoms with E-state index >= 15 is 0 Å². The van der Waals surface area contributed by atoms with E-state index in [0.717, 1.165) is 6.54 Å². The van der Waals surface area contributed by atoms with Crippen molar-refractivity contribution in [1.29, 1.82) is 0 Å². The topological polar surface area (TPSA) is 67.2 Å². The highest BCUT2D eigenvalue weighted by Gasteiger charge is 2.13. The summed E-state index contributed by atoms with van der Waals surface area (Å²) in [6.45, 7) is 7.23. The molecule has 84 valence electrons. The molecule has 15 heavy (non-hydrogen) atoms. The first kappa shape index (κ1) is 11.7. The molecule has 0 spiro atoms. The number of rotatable bonds is 5. The monoisotopic (exact) mass is 211 g/mol. The quantitative estimate of drug-likeness (QED) is 0.752. The second-order valence-corrected chi connectivity index (χ2v) is 3.43. The number of aromatic nitrogens is 1. The summed E-state index contributed by atoms with van der Waals surface area (Å²) in [6, 6.07) is 0.256. The fourth-order valence-corrected chi connectivity index (χ4v) is 1.27. The third-order valence-electron chi connectivity index (χ3n) is 2.08. The van der Waals surface area contributed by atoms with Crippen LogP contribution in [-0.2, 0) is 0 Å². The molecule has 5 nitrogen and oxygen atoms in total. The van der Waals surface area contributed by atoms with E-state index in [4.69, 9.17) is 4.42 Å². The Morgan fingerprint density at radius 3 is 2.93 bits per heavy atom. The molecule has 1 heterocycles. The average molecular weight is 211 g/mol. The number of nitrogens with one attached hydrogen (secondary N) is 2. The fourth-order valence-electron chi connectivity index (χ4n) is 1.27. The summed E-state index contributed by atoms with van der Waals surface area (Å²) in [7, 11) is 0. The van der Waals surface area contributed by atoms with E-state index in [2.05, 4.69) is 15.6 Å². The molecule has 0 aliphatic carbocycles. The zero-order valence-electron chi connectivity index (χ0n) is 9.33. The Bertz CT molecular complexity index is 322. The Balaban J connectivity index is 2.40. The number of carbonyl (C=O) groups is 1. The largest absolute Gasteiger partial charge is 0.448 e. The summed E-state index contributed by atoms with van der Waals surface area (Å²) in [6.07, 6.45) is 1.28. The zero-order valence-corrected chi connectivity index (χ0v) is 9.33. The standard InChI is InChI=1S/C10H17N3O2/c1-4-11-7(2)5-12-10(14)9-8(3)15-6-13-9/h6-7,11H,4-5H2,1-3H3,(H,12,14)/t7-/m1/s1. The molecule has 0 saturated carbocycles. The number of oxazole rings is 1. The van der Waals surface area contributed by atoms with Crippen molar-refractivity contribution in [3.05, 3.63) is 17.8 Å². The lowest BCUT2D eigenvalue weighted by Crippen LogP contribution is -2.39. The van der Waals surface area contributed by atoms with Gasteiger partial charge in [-0.1, -0.05) is 6.92 Å².